The fraction of sp³-hybridized carbons (Fsp3) is 0.400. The Balaban J connectivity index is 2.58. The Morgan fingerprint density at radius 3 is 2.71 bits per heavy atom. The van der Waals surface area contributed by atoms with Crippen molar-refractivity contribution < 1.29 is 14.7 Å². The van der Waals surface area contributed by atoms with E-state index in [2.05, 4.69) is 5.32 Å². The Morgan fingerprint density at radius 2 is 2.10 bits per heavy atom. The average Bonchev–Trinajstić information content (AvgIpc) is 2.45. The van der Waals surface area contributed by atoms with E-state index in [1.165, 1.54) is 4.90 Å². The van der Waals surface area contributed by atoms with Crippen LogP contribution in [-0.2, 0) is 4.79 Å². The molecule has 1 unspecified atom stereocenters. The molecule has 0 aliphatic carbocycles. The molecule has 0 aromatic heterocycles. The first-order valence-electron chi connectivity index (χ1n) is 6.71. The van der Waals surface area contributed by atoms with E-state index in [1.807, 2.05) is 13.0 Å². The van der Waals surface area contributed by atoms with Gasteiger partial charge in [-0.25, -0.2) is 4.79 Å². The van der Waals surface area contributed by atoms with E-state index < -0.39 is 5.97 Å². The lowest BCUT2D eigenvalue weighted by Gasteiger charge is -2.22. The second-order valence-electron chi connectivity index (χ2n) is 4.82. The molecule has 0 saturated heterocycles. The van der Waals surface area contributed by atoms with Gasteiger partial charge in [0.15, 0.2) is 0 Å². The number of carbonyl (C=O) groups excluding carboxylic acids is 1. The number of carbonyl (C=O) groups is 2. The van der Waals surface area contributed by atoms with Crippen LogP contribution in [0.2, 0.25) is 0 Å². The van der Waals surface area contributed by atoms with Crippen LogP contribution in [-0.4, -0.2) is 30.2 Å². The minimum atomic E-state index is -0.839. The summed E-state index contributed by atoms with van der Waals surface area (Å²) in [4.78, 5) is 23.9. The lowest BCUT2D eigenvalue weighted by Crippen LogP contribution is -2.42. The van der Waals surface area contributed by atoms with Crippen LogP contribution in [0.4, 0.5) is 10.5 Å². The molecule has 6 nitrogen and oxygen atoms in total. The minimum absolute atomic E-state index is 0.0906. The van der Waals surface area contributed by atoms with Crippen molar-refractivity contribution in [2.75, 3.05) is 11.9 Å². The van der Waals surface area contributed by atoms with Gasteiger partial charge >= 0.3 is 12.0 Å². The van der Waals surface area contributed by atoms with Crippen molar-refractivity contribution >= 4 is 17.7 Å². The summed E-state index contributed by atoms with van der Waals surface area (Å²) in [5, 5.41) is 20.4. The monoisotopic (exact) mass is 289 g/mol. The third-order valence-corrected chi connectivity index (χ3v) is 3.09. The van der Waals surface area contributed by atoms with E-state index in [0.717, 1.165) is 0 Å². The molecule has 0 saturated carbocycles. The molecule has 112 valence electrons. The standard InChI is InChI=1S/C15H19N3O3/c1-11(6-5-9-14(19)20)17-15(21)18(2)13-8-4-3-7-12(13)10-16/h3-4,7-8,11H,5-6,9H2,1-2H3,(H,17,21)(H,19,20). The number of rotatable bonds is 6. The van der Waals surface area contributed by atoms with Crippen LogP contribution >= 0.6 is 0 Å². The summed E-state index contributed by atoms with van der Waals surface area (Å²) < 4.78 is 0. The molecular formula is C15H19N3O3. The van der Waals surface area contributed by atoms with Crippen LogP contribution in [0.25, 0.3) is 0 Å². The Kier molecular flexibility index (Phi) is 6.21. The number of nitrogens with zero attached hydrogens (tertiary/aromatic N) is 2. The Bertz CT molecular complexity index is 551. The molecule has 0 fully saturated rings. The van der Waals surface area contributed by atoms with Gasteiger partial charge in [-0.1, -0.05) is 12.1 Å². The fourth-order valence-electron chi connectivity index (χ4n) is 1.91. The van der Waals surface area contributed by atoms with Gasteiger partial charge in [-0.15, -0.1) is 0 Å². The van der Waals surface area contributed by atoms with E-state index in [-0.39, 0.29) is 18.5 Å². The zero-order chi connectivity index (χ0) is 15.8. The highest BCUT2D eigenvalue weighted by molar-refractivity contribution is 5.92. The van der Waals surface area contributed by atoms with Crippen molar-refractivity contribution in [2.24, 2.45) is 0 Å². The third-order valence-electron chi connectivity index (χ3n) is 3.09. The van der Waals surface area contributed by atoms with Crippen LogP contribution < -0.4 is 10.2 Å². The quantitative estimate of drug-likeness (QED) is 0.840. The van der Waals surface area contributed by atoms with Gasteiger partial charge in [-0.2, -0.15) is 5.26 Å². The van der Waals surface area contributed by atoms with Gasteiger partial charge in [0.25, 0.3) is 0 Å². The molecule has 0 aliphatic rings. The van der Waals surface area contributed by atoms with Crippen molar-refractivity contribution in [1.82, 2.24) is 5.32 Å². The summed E-state index contributed by atoms with van der Waals surface area (Å²) in [6, 6.07) is 8.44. The number of nitrogens with one attached hydrogen (secondary N) is 1. The van der Waals surface area contributed by atoms with Crippen molar-refractivity contribution in [3.8, 4) is 6.07 Å². The fourth-order valence-corrected chi connectivity index (χ4v) is 1.91. The molecule has 6 heteroatoms. The number of nitriles is 1. The molecule has 0 spiro atoms. The maximum Gasteiger partial charge on any atom is 0.321 e. The molecule has 1 rings (SSSR count). The second kappa shape index (κ2) is 7.90. The van der Waals surface area contributed by atoms with Crippen molar-refractivity contribution in [2.45, 2.75) is 32.2 Å². The number of urea groups is 1. The van der Waals surface area contributed by atoms with Gasteiger partial charge in [-0.05, 0) is 31.9 Å². The maximum atomic E-state index is 12.1. The van der Waals surface area contributed by atoms with E-state index in [0.29, 0.717) is 24.1 Å². The van der Waals surface area contributed by atoms with Crippen LogP contribution in [0.15, 0.2) is 24.3 Å². The van der Waals surface area contributed by atoms with E-state index in [9.17, 15) is 9.59 Å². The van der Waals surface area contributed by atoms with Crippen LogP contribution in [0, 0.1) is 11.3 Å². The molecule has 0 bridgehead atoms. The van der Waals surface area contributed by atoms with Crippen molar-refractivity contribution in [1.29, 1.82) is 5.26 Å². The van der Waals surface area contributed by atoms with Crippen molar-refractivity contribution in [3.63, 3.8) is 0 Å². The van der Waals surface area contributed by atoms with E-state index in [1.54, 1.807) is 31.3 Å². The molecule has 2 amide bonds. The first-order chi connectivity index (χ1) is 9.95. The molecular weight excluding hydrogens is 270 g/mol. The lowest BCUT2D eigenvalue weighted by molar-refractivity contribution is -0.137. The highest BCUT2D eigenvalue weighted by Gasteiger charge is 2.16. The highest BCUT2D eigenvalue weighted by Crippen LogP contribution is 2.18. The number of hydrogen-bond acceptors (Lipinski definition) is 3. The summed E-state index contributed by atoms with van der Waals surface area (Å²) in [6.07, 6.45) is 1.19. The second-order valence-corrected chi connectivity index (χ2v) is 4.82. The number of anilines is 1. The third kappa shape index (κ3) is 5.15. The normalized spacial score (nSPS) is 11.3. The van der Waals surface area contributed by atoms with Gasteiger partial charge < -0.3 is 10.4 Å². The topological polar surface area (TPSA) is 93.4 Å². The predicted octanol–water partition coefficient (Wildman–Crippen LogP) is 2.35. The first-order valence-corrected chi connectivity index (χ1v) is 6.71. The summed E-state index contributed by atoms with van der Waals surface area (Å²) in [7, 11) is 1.59. The number of hydrogen-bond donors (Lipinski definition) is 2. The van der Waals surface area contributed by atoms with Gasteiger partial charge in [0.05, 0.1) is 11.3 Å². The number of benzene rings is 1. The summed E-state index contributed by atoms with van der Waals surface area (Å²) in [5.74, 6) is -0.839. The van der Waals surface area contributed by atoms with Crippen LogP contribution in [0.5, 0.6) is 0 Å². The smallest absolute Gasteiger partial charge is 0.321 e. The molecule has 1 aromatic carbocycles. The summed E-state index contributed by atoms with van der Waals surface area (Å²) >= 11 is 0. The molecule has 0 aliphatic heterocycles. The Labute approximate surface area is 124 Å². The van der Waals surface area contributed by atoms with E-state index >= 15 is 0 Å². The molecule has 2 N–H and O–H groups in total. The Morgan fingerprint density at radius 1 is 1.43 bits per heavy atom. The zero-order valence-corrected chi connectivity index (χ0v) is 12.2. The molecule has 0 radical (unpaired) electrons. The summed E-state index contributed by atoms with van der Waals surface area (Å²) in [6.45, 7) is 1.82. The number of aliphatic carboxylic acids is 1. The average molecular weight is 289 g/mol. The van der Waals surface area contributed by atoms with Crippen LogP contribution in [0.3, 0.4) is 0 Å². The maximum absolute atomic E-state index is 12.1. The van der Waals surface area contributed by atoms with Gasteiger partial charge in [0.1, 0.15) is 6.07 Å². The zero-order valence-electron chi connectivity index (χ0n) is 12.2. The number of amides is 2. The van der Waals surface area contributed by atoms with Gasteiger partial charge in [0, 0.05) is 19.5 Å². The van der Waals surface area contributed by atoms with E-state index in [4.69, 9.17) is 10.4 Å². The van der Waals surface area contributed by atoms with Crippen molar-refractivity contribution in [3.05, 3.63) is 29.8 Å². The first kappa shape index (κ1) is 16.5. The SMILES string of the molecule is CC(CCCC(=O)O)NC(=O)N(C)c1ccccc1C#N. The predicted molar refractivity (Wildman–Crippen MR) is 79.0 cm³/mol. The van der Waals surface area contributed by atoms with Gasteiger partial charge in [0.2, 0.25) is 0 Å². The minimum Gasteiger partial charge on any atom is -0.481 e. The molecule has 1 atom stereocenters. The highest BCUT2D eigenvalue weighted by atomic mass is 16.4. The molecule has 1 aromatic rings. The lowest BCUT2D eigenvalue weighted by atomic mass is 10.1. The summed E-state index contributed by atoms with van der Waals surface area (Å²) in [5.41, 5.74) is 0.962. The Hall–Kier alpha value is -2.55. The number of carboxylic acids is 1. The molecule has 0 heterocycles. The molecule has 21 heavy (non-hydrogen) atoms. The van der Waals surface area contributed by atoms with Gasteiger partial charge in [-0.3, -0.25) is 9.69 Å². The number of carboxylic acid groups (broad SMARTS) is 1. The largest absolute Gasteiger partial charge is 0.481 e. The number of para-hydroxylation sites is 1. The van der Waals surface area contributed by atoms with Crippen LogP contribution in [0.1, 0.15) is 31.7 Å².